The molecule has 0 amide bonds. The van der Waals surface area contributed by atoms with Gasteiger partial charge >= 0.3 is 5.97 Å². The molecule has 0 aliphatic carbocycles. The van der Waals surface area contributed by atoms with E-state index in [0.29, 0.717) is 12.2 Å². The number of nitrogens with zero attached hydrogens (tertiary/aromatic N) is 3. The fourth-order valence-electron chi connectivity index (χ4n) is 3.97. The van der Waals surface area contributed by atoms with Gasteiger partial charge in [0.05, 0.1) is 30.2 Å². The van der Waals surface area contributed by atoms with Gasteiger partial charge in [-0.25, -0.2) is 4.79 Å². The lowest BCUT2D eigenvalue weighted by Gasteiger charge is -2.38. The molecule has 0 radical (unpaired) electrons. The van der Waals surface area contributed by atoms with Crippen LogP contribution in [0.5, 0.6) is 0 Å². The van der Waals surface area contributed by atoms with Crippen LogP contribution in [0.25, 0.3) is 22.5 Å². The van der Waals surface area contributed by atoms with E-state index in [2.05, 4.69) is 25.9 Å². The van der Waals surface area contributed by atoms with Crippen molar-refractivity contribution in [2.75, 3.05) is 0 Å². The summed E-state index contributed by atoms with van der Waals surface area (Å²) in [5.41, 5.74) is 3.83. The Bertz CT molecular complexity index is 1150. The highest BCUT2D eigenvalue weighted by Crippen LogP contribution is 2.43. The number of rotatable bonds is 2. The Morgan fingerprint density at radius 2 is 1.93 bits per heavy atom. The summed E-state index contributed by atoms with van der Waals surface area (Å²) in [6, 6.07) is 9.46. The average Bonchev–Trinajstić information content (AvgIpc) is 3.04. The molecule has 1 aromatic carbocycles. The Morgan fingerprint density at radius 1 is 1.21 bits per heavy atom. The van der Waals surface area contributed by atoms with E-state index in [-0.39, 0.29) is 17.0 Å². The lowest BCUT2D eigenvalue weighted by molar-refractivity contribution is 0.0693. The maximum atomic E-state index is 12.5. The first-order chi connectivity index (χ1) is 13.2. The van der Waals surface area contributed by atoms with E-state index < -0.39 is 11.4 Å². The van der Waals surface area contributed by atoms with Crippen molar-refractivity contribution in [3.63, 3.8) is 0 Å². The molecular weight excluding hydrogens is 354 g/mol. The number of benzene rings is 1. The third kappa shape index (κ3) is 2.76. The number of carboxylic acids is 1. The smallest absolute Gasteiger partial charge is 0.341 e. The Hall–Kier alpha value is -3.15. The Kier molecular flexibility index (Phi) is 4.03. The van der Waals surface area contributed by atoms with Gasteiger partial charge in [0.1, 0.15) is 5.56 Å². The van der Waals surface area contributed by atoms with Gasteiger partial charge in [0.25, 0.3) is 0 Å². The molecule has 0 saturated heterocycles. The molecule has 6 nitrogen and oxygen atoms in total. The second-order valence-corrected chi connectivity index (χ2v) is 8.43. The molecule has 28 heavy (non-hydrogen) atoms. The van der Waals surface area contributed by atoms with E-state index in [4.69, 9.17) is 0 Å². The summed E-state index contributed by atoms with van der Waals surface area (Å²) >= 11 is 0. The summed E-state index contributed by atoms with van der Waals surface area (Å²) in [6.07, 6.45) is 3.33. The Balaban J connectivity index is 2.03. The van der Waals surface area contributed by atoms with Crippen molar-refractivity contribution in [1.82, 2.24) is 14.3 Å². The molecule has 3 heterocycles. The predicted molar refractivity (Wildman–Crippen MR) is 108 cm³/mol. The third-order valence-electron chi connectivity index (χ3n) is 5.51. The highest BCUT2D eigenvalue weighted by molar-refractivity contribution is 5.88. The number of fused-ring (bicyclic) bond motifs is 3. The minimum atomic E-state index is -1.20. The van der Waals surface area contributed by atoms with Crippen molar-refractivity contribution in [3.05, 3.63) is 64.1 Å². The zero-order valence-corrected chi connectivity index (χ0v) is 16.4. The lowest BCUT2D eigenvalue weighted by atomic mass is 9.84. The Morgan fingerprint density at radius 3 is 2.57 bits per heavy atom. The van der Waals surface area contributed by atoms with Crippen LogP contribution in [-0.2, 0) is 6.54 Å². The molecule has 0 unspecified atom stereocenters. The Labute approximate surface area is 163 Å². The van der Waals surface area contributed by atoms with Gasteiger partial charge in [-0.05, 0) is 23.5 Å². The predicted octanol–water partition coefficient (Wildman–Crippen LogP) is 3.99. The fraction of sp³-hybridized carbons (Fsp3) is 0.318. The highest BCUT2D eigenvalue weighted by Gasteiger charge is 2.35. The zero-order valence-electron chi connectivity index (χ0n) is 16.4. The molecule has 0 bridgehead atoms. The molecule has 0 fully saturated rings. The van der Waals surface area contributed by atoms with Crippen molar-refractivity contribution in [1.29, 1.82) is 0 Å². The summed E-state index contributed by atoms with van der Waals surface area (Å²) in [5, 5.41) is 14.1. The maximum absolute atomic E-state index is 12.5. The molecule has 144 valence electrons. The first kappa shape index (κ1) is 18.2. The average molecular weight is 377 g/mol. The monoisotopic (exact) mass is 377 g/mol. The van der Waals surface area contributed by atoms with E-state index in [1.54, 1.807) is 0 Å². The molecule has 0 spiro atoms. The van der Waals surface area contributed by atoms with Gasteiger partial charge in [-0.1, -0.05) is 45.0 Å². The quantitative estimate of drug-likeness (QED) is 0.733. The van der Waals surface area contributed by atoms with Crippen LogP contribution < -0.4 is 5.43 Å². The molecule has 1 atom stereocenters. The topological polar surface area (TPSA) is 77.1 Å². The number of pyridine rings is 1. The number of hydrogen-bond acceptors (Lipinski definition) is 3. The van der Waals surface area contributed by atoms with Gasteiger partial charge < -0.3 is 9.67 Å². The summed E-state index contributed by atoms with van der Waals surface area (Å²) in [4.78, 5) is 24.1. The van der Waals surface area contributed by atoms with Crippen molar-refractivity contribution in [3.8, 4) is 22.5 Å². The van der Waals surface area contributed by atoms with Gasteiger partial charge in [0, 0.05) is 17.8 Å². The van der Waals surface area contributed by atoms with Crippen LogP contribution in [0.4, 0.5) is 0 Å². The fourth-order valence-corrected chi connectivity index (χ4v) is 3.97. The normalized spacial score (nSPS) is 15.8. The minimum absolute atomic E-state index is 0.0293. The van der Waals surface area contributed by atoms with Crippen LogP contribution in [0.2, 0.25) is 0 Å². The van der Waals surface area contributed by atoms with Gasteiger partial charge in [-0.2, -0.15) is 5.10 Å². The first-order valence-electron chi connectivity index (χ1n) is 9.30. The third-order valence-corrected chi connectivity index (χ3v) is 5.51. The van der Waals surface area contributed by atoms with Crippen molar-refractivity contribution in [2.45, 2.75) is 40.3 Å². The number of carboxylic acid groups (broad SMARTS) is 1. The van der Waals surface area contributed by atoms with Crippen molar-refractivity contribution >= 4 is 5.97 Å². The summed E-state index contributed by atoms with van der Waals surface area (Å²) in [7, 11) is 0. The van der Waals surface area contributed by atoms with Crippen LogP contribution in [-0.4, -0.2) is 25.4 Å². The highest BCUT2D eigenvalue weighted by atomic mass is 16.4. The second kappa shape index (κ2) is 6.19. The largest absolute Gasteiger partial charge is 0.477 e. The molecule has 6 heteroatoms. The van der Waals surface area contributed by atoms with E-state index >= 15 is 0 Å². The van der Waals surface area contributed by atoms with Gasteiger partial charge in [0.2, 0.25) is 0 Å². The number of aryl methyl sites for hydroxylation is 1. The van der Waals surface area contributed by atoms with Crippen LogP contribution >= 0.6 is 0 Å². The van der Waals surface area contributed by atoms with E-state index in [1.807, 2.05) is 46.6 Å². The van der Waals surface area contributed by atoms with Crippen LogP contribution in [0, 0.1) is 12.3 Å². The van der Waals surface area contributed by atoms with E-state index in [0.717, 1.165) is 22.4 Å². The summed E-state index contributed by atoms with van der Waals surface area (Å²) in [6.45, 7) is 8.98. The second-order valence-electron chi connectivity index (χ2n) is 8.43. The molecule has 2 aromatic heterocycles. The van der Waals surface area contributed by atoms with Gasteiger partial charge in [-0.15, -0.1) is 0 Å². The molecule has 1 aliphatic heterocycles. The molecule has 0 saturated carbocycles. The van der Waals surface area contributed by atoms with E-state index in [9.17, 15) is 14.7 Å². The van der Waals surface area contributed by atoms with E-state index in [1.165, 1.54) is 12.3 Å². The van der Waals surface area contributed by atoms with Gasteiger partial charge in [-0.3, -0.25) is 9.48 Å². The van der Waals surface area contributed by atoms with Gasteiger partial charge in [0.15, 0.2) is 5.43 Å². The van der Waals surface area contributed by atoms with Crippen LogP contribution in [0.15, 0.2) is 47.5 Å². The molecule has 3 aromatic rings. The first-order valence-corrected chi connectivity index (χ1v) is 9.30. The number of aromatic nitrogens is 3. The lowest BCUT2D eigenvalue weighted by Crippen LogP contribution is -2.35. The summed E-state index contributed by atoms with van der Waals surface area (Å²) < 4.78 is 3.89. The van der Waals surface area contributed by atoms with Crippen molar-refractivity contribution in [2.24, 2.45) is 5.41 Å². The summed E-state index contributed by atoms with van der Waals surface area (Å²) in [5.74, 6) is -1.20. The molecule has 4 rings (SSSR count). The van der Waals surface area contributed by atoms with Crippen LogP contribution in [0.3, 0.4) is 0 Å². The molecule has 1 N–H and O–H groups in total. The number of carbonyl (C=O) groups is 1. The number of hydrogen-bond donors (Lipinski definition) is 1. The molecular formula is C22H23N3O3. The minimum Gasteiger partial charge on any atom is -0.477 e. The maximum Gasteiger partial charge on any atom is 0.341 e. The van der Waals surface area contributed by atoms with Crippen molar-refractivity contribution < 1.29 is 9.90 Å². The SMILES string of the molecule is Cc1ccccc1-c1cnn2c1-c1cc(=O)c(C(=O)O)cn1[C@H](C(C)(C)C)C2. The van der Waals surface area contributed by atoms with Crippen LogP contribution in [0.1, 0.15) is 42.7 Å². The number of aromatic carboxylic acids is 1. The zero-order chi connectivity index (χ0) is 20.2. The standard InChI is InChI=1S/C22H23N3O3/c1-13-7-5-6-8-14(13)15-10-23-25-12-19(22(2,3)4)24-11-16(21(27)28)18(26)9-17(24)20(15)25/h5-11,19H,12H2,1-4H3,(H,27,28)/t19-/m0/s1. The molecule has 1 aliphatic rings.